The summed E-state index contributed by atoms with van der Waals surface area (Å²) in [6, 6.07) is 12.7. The number of nitrogens with one attached hydrogen (secondary N) is 1. The molecule has 1 aliphatic heterocycles. The average molecular weight is 403 g/mol. The van der Waals surface area contributed by atoms with E-state index in [0.29, 0.717) is 22.1 Å². The predicted molar refractivity (Wildman–Crippen MR) is 107 cm³/mol. The van der Waals surface area contributed by atoms with E-state index in [0.717, 1.165) is 32.4 Å². The molecule has 8 nitrogen and oxygen atoms in total. The number of hydrogen-bond acceptors (Lipinski definition) is 5. The van der Waals surface area contributed by atoms with E-state index in [4.69, 9.17) is 16.4 Å². The number of nitro groups is 1. The number of anilines is 1. The van der Waals surface area contributed by atoms with Crippen molar-refractivity contribution in [2.45, 2.75) is 19.3 Å². The monoisotopic (exact) mass is 402 g/mol. The number of likely N-dealkylation sites (tertiary alicyclic amines) is 1. The number of amides is 1. The van der Waals surface area contributed by atoms with Crippen molar-refractivity contribution in [3.63, 3.8) is 0 Å². The molecule has 0 bridgehead atoms. The molecule has 0 saturated carbocycles. The minimum Gasteiger partial charge on any atom is -0.353 e. The third kappa shape index (κ3) is 5.20. The maximum atomic E-state index is 12.1. The number of amidine groups is 1. The summed E-state index contributed by atoms with van der Waals surface area (Å²) in [5, 5.41) is 18.2. The zero-order chi connectivity index (χ0) is 19.9. The van der Waals surface area contributed by atoms with Gasteiger partial charge < -0.3 is 4.90 Å². The highest BCUT2D eigenvalue weighted by atomic mass is 35.5. The molecule has 2 aromatic carbocycles. The molecule has 0 radical (unpaired) electrons. The van der Waals surface area contributed by atoms with E-state index in [1.165, 1.54) is 12.1 Å². The molecule has 3 rings (SSSR count). The minimum absolute atomic E-state index is 0.0483. The second-order valence-corrected chi connectivity index (χ2v) is 6.72. The van der Waals surface area contributed by atoms with Gasteiger partial charge in [-0.05, 0) is 43.5 Å². The number of rotatable bonds is 4. The summed E-state index contributed by atoms with van der Waals surface area (Å²) in [7, 11) is 0. The van der Waals surface area contributed by atoms with Gasteiger partial charge in [0.2, 0.25) is 0 Å². The Hall–Kier alpha value is -3.13. The topological polar surface area (TPSA) is 97.1 Å². The van der Waals surface area contributed by atoms with E-state index in [-0.39, 0.29) is 5.69 Å². The zero-order valence-electron chi connectivity index (χ0n) is 15.0. The van der Waals surface area contributed by atoms with Crippen LogP contribution in [0.5, 0.6) is 0 Å². The SMILES string of the molecule is O=C(Nc1ccc(Cl)cc1)O/N=C(\c1cccc([N+](=O)[O-])c1)N1CCCCC1. The number of piperidine rings is 1. The fourth-order valence-electron chi connectivity index (χ4n) is 2.92. The van der Waals surface area contributed by atoms with Gasteiger partial charge >= 0.3 is 6.09 Å². The highest BCUT2D eigenvalue weighted by Crippen LogP contribution is 2.19. The average Bonchev–Trinajstić information content (AvgIpc) is 2.71. The van der Waals surface area contributed by atoms with Gasteiger partial charge in [0, 0.05) is 41.5 Å². The molecule has 28 heavy (non-hydrogen) atoms. The molecular formula is C19H19ClN4O4. The summed E-state index contributed by atoms with van der Waals surface area (Å²) in [4.78, 5) is 29.7. The van der Waals surface area contributed by atoms with Crippen LogP contribution in [0, 0.1) is 10.1 Å². The van der Waals surface area contributed by atoms with Crippen LogP contribution in [-0.4, -0.2) is 34.8 Å². The van der Waals surface area contributed by atoms with Crippen LogP contribution in [0.15, 0.2) is 53.7 Å². The molecular weight excluding hydrogens is 384 g/mol. The second kappa shape index (κ2) is 9.18. The van der Waals surface area contributed by atoms with Crippen molar-refractivity contribution < 1.29 is 14.6 Å². The number of hydrogen-bond donors (Lipinski definition) is 1. The molecule has 146 valence electrons. The van der Waals surface area contributed by atoms with Gasteiger partial charge in [-0.1, -0.05) is 28.9 Å². The maximum absolute atomic E-state index is 12.1. The number of non-ortho nitro benzene ring substituents is 1. The molecule has 1 heterocycles. The number of nitrogens with zero attached hydrogens (tertiary/aromatic N) is 3. The molecule has 0 aliphatic carbocycles. The normalized spacial score (nSPS) is 14.5. The quantitative estimate of drug-likeness (QED) is 0.264. The first-order valence-electron chi connectivity index (χ1n) is 8.84. The Bertz CT molecular complexity index is 880. The highest BCUT2D eigenvalue weighted by Gasteiger charge is 2.20. The number of halogens is 1. The van der Waals surface area contributed by atoms with E-state index < -0.39 is 11.0 Å². The largest absolute Gasteiger partial charge is 0.437 e. The molecule has 0 atom stereocenters. The lowest BCUT2D eigenvalue weighted by Crippen LogP contribution is -2.36. The Morgan fingerprint density at radius 3 is 2.54 bits per heavy atom. The number of nitro benzene ring substituents is 1. The fraction of sp³-hybridized carbons (Fsp3) is 0.263. The Morgan fingerprint density at radius 2 is 1.86 bits per heavy atom. The van der Waals surface area contributed by atoms with Crippen LogP contribution in [0.25, 0.3) is 0 Å². The lowest BCUT2D eigenvalue weighted by Gasteiger charge is -2.29. The molecule has 2 aromatic rings. The highest BCUT2D eigenvalue weighted by molar-refractivity contribution is 6.30. The number of carbonyl (C=O) groups excluding carboxylic acids is 1. The lowest BCUT2D eigenvalue weighted by molar-refractivity contribution is -0.384. The number of carbonyl (C=O) groups is 1. The Balaban J connectivity index is 1.79. The molecule has 1 amide bonds. The van der Waals surface area contributed by atoms with Crippen LogP contribution in [0.3, 0.4) is 0 Å². The van der Waals surface area contributed by atoms with Gasteiger partial charge in [-0.2, -0.15) is 0 Å². The van der Waals surface area contributed by atoms with Crippen LogP contribution in [0.4, 0.5) is 16.2 Å². The van der Waals surface area contributed by atoms with Gasteiger partial charge in [0.25, 0.3) is 5.69 Å². The molecule has 0 spiro atoms. The minimum atomic E-state index is -0.762. The number of oxime groups is 1. The van der Waals surface area contributed by atoms with Crippen molar-refractivity contribution in [2.24, 2.45) is 5.16 Å². The van der Waals surface area contributed by atoms with Gasteiger partial charge in [-0.3, -0.25) is 20.3 Å². The third-order valence-electron chi connectivity index (χ3n) is 4.28. The third-order valence-corrected chi connectivity index (χ3v) is 4.53. The first kappa shape index (κ1) is 19.6. The molecule has 1 saturated heterocycles. The molecule has 9 heteroatoms. The molecule has 0 aromatic heterocycles. The summed E-state index contributed by atoms with van der Waals surface area (Å²) >= 11 is 5.82. The van der Waals surface area contributed by atoms with Crippen molar-refractivity contribution in [2.75, 3.05) is 18.4 Å². The van der Waals surface area contributed by atoms with Crippen LogP contribution >= 0.6 is 11.6 Å². The Labute approximate surface area is 166 Å². The first-order valence-corrected chi connectivity index (χ1v) is 9.22. The predicted octanol–water partition coefficient (Wildman–Crippen LogP) is 4.64. The van der Waals surface area contributed by atoms with Crippen molar-refractivity contribution in [3.8, 4) is 0 Å². The van der Waals surface area contributed by atoms with Crippen molar-refractivity contribution in [3.05, 3.63) is 69.2 Å². The summed E-state index contributed by atoms with van der Waals surface area (Å²) < 4.78 is 0. The van der Waals surface area contributed by atoms with Crippen molar-refractivity contribution in [1.82, 2.24) is 4.90 Å². The van der Waals surface area contributed by atoms with Gasteiger partial charge in [0.15, 0.2) is 5.84 Å². The molecule has 1 aliphatic rings. The van der Waals surface area contributed by atoms with Gasteiger partial charge in [0.1, 0.15) is 0 Å². The molecule has 0 unspecified atom stereocenters. The Kier molecular flexibility index (Phi) is 6.44. The fourth-order valence-corrected chi connectivity index (χ4v) is 3.04. The zero-order valence-corrected chi connectivity index (χ0v) is 15.8. The first-order chi connectivity index (χ1) is 13.5. The summed E-state index contributed by atoms with van der Waals surface area (Å²) in [5.41, 5.74) is 0.989. The van der Waals surface area contributed by atoms with Gasteiger partial charge in [-0.15, -0.1) is 0 Å². The van der Waals surface area contributed by atoms with E-state index in [9.17, 15) is 14.9 Å². The standard InChI is InChI=1S/C19H19ClN4O4/c20-15-7-9-16(10-8-15)21-19(25)28-22-18(23-11-2-1-3-12-23)14-5-4-6-17(13-14)24(26)27/h4-10,13H,1-3,11-12H2,(H,21,25)/b22-18+. The second-order valence-electron chi connectivity index (χ2n) is 6.28. The van der Waals surface area contributed by atoms with Gasteiger partial charge in [-0.25, -0.2) is 4.79 Å². The summed E-state index contributed by atoms with van der Waals surface area (Å²) in [6.45, 7) is 1.48. The Morgan fingerprint density at radius 1 is 1.14 bits per heavy atom. The van der Waals surface area contributed by atoms with E-state index in [1.807, 2.05) is 4.90 Å². The van der Waals surface area contributed by atoms with Crippen LogP contribution in [0.1, 0.15) is 24.8 Å². The maximum Gasteiger partial charge on any atom is 0.437 e. The molecule has 1 N–H and O–H groups in total. The smallest absolute Gasteiger partial charge is 0.353 e. The summed E-state index contributed by atoms with van der Waals surface area (Å²) in [5.74, 6) is 0.398. The van der Waals surface area contributed by atoms with Crippen molar-refractivity contribution >= 4 is 34.9 Å². The van der Waals surface area contributed by atoms with E-state index in [2.05, 4.69) is 10.5 Å². The lowest BCUT2D eigenvalue weighted by atomic mass is 10.1. The van der Waals surface area contributed by atoms with Gasteiger partial charge in [0.05, 0.1) is 4.92 Å². The van der Waals surface area contributed by atoms with Crippen molar-refractivity contribution in [1.29, 1.82) is 0 Å². The van der Waals surface area contributed by atoms with E-state index >= 15 is 0 Å². The van der Waals surface area contributed by atoms with Crippen LogP contribution in [0.2, 0.25) is 5.02 Å². The number of benzene rings is 2. The molecule has 1 fully saturated rings. The van der Waals surface area contributed by atoms with Crippen LogP contribution in [-0.2, 0) is 4.84 Å². The summed E-state index contributed by atoms with van der Waals surface area (Å²) in [6.07, 6.45) is 2.30. The van der Waals surface area contributed by atoms with Crippen LogP contribution < -0.4 is 5.32 Å². The van der Waals surface area contributed by atoms with E-state index in [1.54, 1.807) is 36.4 Å².